The van der Waals surface area contributed by atoms with E-state index in [1.807, 2.05) is 12.3 Å². The summed E-state index contributed by atoms with van der Waals surface area (Å²) in [5, 5.41) is 13.6. The number of hydrogen-bond donors (Lipinski definition) is 1. The molecule has 0 amide bonds. The Morgan fingerprint density at radius 2 is 2.26 bits per heavy atom. The summed E-state index contributed by atoms with van der Waals surface area (Å²) in [6.07, 6.45) is 1.83. The molecule has 102 valence electrons. The molecule has 0 spiro atoms. The van der Waals surface area contributed by atoms with Crippen molar-refractivity contribution in [3.63, 3.8) is 0 Å². The lowest BCUT2D eigenvalue weighted by atomic mass is 10.1. The fourth-order valence-corrected chi connectivity index (χ4v) is 2.88. The molecule has 7 heteroatoms. The van der Waals surface area contributed by atoms with Gasteiger partial charge in [-0.15, -0.1) is 11.8 Å². The maximum absolute atomic E-state index is 11.2. The Labute approximate surface area is 114 Å². The van der Waals surface area contributed by atoms with Crippen molar-refractivity contribution in [1.82, 2.24) is 5.32 Å². The first-order chi connectivity index (χ1) is 9.13. The van der Waals surface area contributed by atoms with Gasteiger partial charge >= 0.3 is 5.70 Å². The van der Waals surface area contributed by atoms with Gasteiger partial charge in [0.1, 0.15) is 5.25 Å². The van der Waals surface area contributed by atoms with Gasteiger partial charge in [-0.25, -0.2) is 0 Å². The van der Waals surface area contributed by atoms with E-state index in [9.17, 15) is 10.1 Å². The van der Waals surface area contributed by atoms with E-state index in [4.69, 9.17) is 9.47 Å². The van der Waals surface area contributed by atoms with Crippen LogP contribution in [0.3, 0.4) is 0 Å². The number of ether oxygens (including phenoxy) is 2. The van der Waals surface area contributed by atoms with Crippen molar-refractivity contribution in [2.24, 2.45) is 0 Å². The molecule has 0 saturated heterocycles. The van der Waals surface area contributed by atoms with Crippen LogP contribution in [-0.2, 0) is 0 Å². The van der Waals surface area contributed by atoms with Gasteiger partial charge in [0, 0.05) is 12.6 Å². The predicted molar refractivity (Wildman–Crippen MR) is 73.0 cm³/mol. The van der Waals surface area contributed by atoms with Crippen LogP contribution in [0.5, 0.6) is 11.5 Å². The summed E-state index contributed by atoms with van der Waals surface area (Å²) in [6, 6.07) is 5.38. The zero-order valence-electron chi connectivity index (χ0n) is 10.8. The van der Waals surface area contributed by atoms with Gasteiger partial charge in [0.25, 0.3) is 5.88 Å². The van der Waals surface area contributed by atoms with Crippen LogP contribution in [0.4, 0.5) is 0 Å². The van der Waals surface area contributed by atoms with E-state index in [0.29, 0.717) is 11.5 Å². The molecule has 1 heterocycles. The Balaban J connectivity index is 2.62. The van der Waals surface area contributed by atoms with Crippen molar-refractivity contribution in [1.29, 1.82) is 0 Å². The van der Waals surface area contributed by atoms with E-state index in [2.05, 4.69) is 5.32 Å². The van der Waals surface area contributed by atoms with Gasteiger partial charge in [0.2, 0.25) is 0 Å². The molecule has 0 bridgehead atoms. The van der Waals surface area contributed by atoms with Crippen LogP contribution >= 0.6 is 11.8 Å². The van der Waals surface area contributed by atoms with Crippen LogP contribution in [0.25, 0.3) is 0 Å². The molecule has 0 aromatic heterocycles. The number of nitrogens with zero attached hydrogens (tertiary/aromatic N) is 1. The Morgan fingerprint density at radius 3 is 2.79 bits per heavy atom. The van der Waals surface area contributed by atoms with Gasteiger partial charge in [0.15, 0.2) is 11.5 Å². The summed E-state index contributed by atoms with van der Waals surface area (Å²) in [5.74, 6) is 1.24. The van der Waals surface area contributed by atoms with Crippen molar-refractivity contribution in [2.45, 2.75) is 5.25 Å². The molecule has 1 atom stereocenters. The molecule has 1 N–H and O–H groups in total. The van der Waals surface area contributed by atoms with Crippen LogP contribution in [0.15, 0.2) is 29.8 Å². The van der Waals surface area contributed by atoms with Crippen molar-refractivity contribution in [3.8, 4) is 11.5 Å². The van der Waals surface area contributed by atoms with Crippen molar-refractivity contribution < 1.29 is 14.4 Å². The number of nitro groups is 1. The largest absolute Gasteiger partial charge is 0.493 e. The first-order valence-electron chi connectivity index (χ1n) is 5.57. The van der Waals surface area contributed by atoms with E-state index < -0.39 is 10.2 Å². The third-order valence-electron chi connectivity index (χ3n) is 2.86. The SMILES string of the molecule is CNC1=C([N+](=O)[O-])C(SC)c2cccc(OC)c2O1. The van der Waals surface area contributed by atoms with Gasteiger partial charge in [0.05, 0.1) is 12.0 Å². The Bertz CT molecular complexity index is 545. The van der Waals surface area contributed by atoms with Gasteiger partial charge in [-0.05, 0) is 12.3 Å². The minimum Gasteiger partial charge on any atom is -0.493 e. The van der Waals surface area contributed by atoms with Gasteiger partial charge < -0.3 is 14.8 Å². The highest BCUT2D eigenvalue weighted by molar-refractivity contribution is 7.99. The Hall–Kier alpha value is -1.89. The maximum Gasteiger partial charge on any atom is 0.323 e. The number of nitrogens with one attached hydrogen (secondary N) is 1. The lowest BCUT2D eigenvalue weighted by molar-refractivity contribution is -0.431. The molecule has 1 unspecified atom stereocenters. The van der Waals surface area contributed by atoms with E-state index in [0.717, 1.165) is 5.56 Å². The van der Waals surface area contributed by atoms with E-state index >= 15 is 0 Å². The summed E-state index contributed by atoms with van der Waals surface area (Å²) < 4.78 is 10.8. The number of thioether (sulfide) groups is 1. The summed E-state index contributed by atoms with van der Waals surface area (Å²) in [4.78, 5) is 10.8. The molecule has 1 aliphatic heterocycles. The zero-order valence-corrected chi connectivity index (χ0v) is 11.6. The smallest absolute Gasteiger partial charge is 0.323 e. The first kappa shape index (κ1) is 13.5. The minimum absolute atomic E-state index is 0.0238. The quantitative estimate of drug-likeness (QED) is 0.674. The van der Waals surface area contributed by atoms with Crippen molar-refractivity contribution >= 4 is 11.8 Å². The summed E-state index contributed by atoms with van der Waals surface area (Å²) in [6.45, 7) is 0. The van der Waals surface area contributed by atoms with Crippen LogP contribution in [0, 0.1) is 10.1 Å². The fourth-order valence-electron chi connectivity index (χ4n) is 2.03. The highest BCUT2D eigenvalue weighted by Crippen LogP contribution is 2.47. The molecule has 1 aromatic carbocycles. The average molecular weight is 282 g/mol. The molecule has 0 saturated carbocycles. The van der Waals surface area contributed by atoms with Crippen LogP contribution in [0.2, 0.25) is 0 Å². The first-order valence-corrected chi connectivity index (χ1v) is 6.86. The summed E-state index contributed by atoms with van der Waals surface area (Å²) in [7, 11) is 3.13. The van der Waals surface area contributed by atoms with Crippen LogP contribution in [0.1, 0.15) is 10.8 Å². The molecule has 19 heavy (non-hydrogen) atoms. The molecule has 0 aliphatic carbocycles. The Morgan fingerprint density at radius 1 is 1.53 bits per heavy atom. The van der Waals surface area contributed by atoms with Gasteiger partial charge in [-0.1, -0.05) is 12.1 Å². The van der Waals surface area contributed by atoms with Crippen LogP contribution < -0.4 is 14.8 Å². The average Bonchev–Trinajstić information content (AvgIpc) is 2.43. The van der Waals surface area contributed by atoms with Gasteiger partial charge in [-0.3, -0.25) is 10.1 Å². The molecule has 2 rings (SSSR count). The minimum atomic E-state index is -0.407. The predicted octanol–water partition coefficient (Wildman–Crippen LogP) is 2.16. The second-order valence-corrected chi connectivity index (χ2v) is 4.76. The topological polar surface area (TPSA) is 73.6 Å². The molecule has 6 nitrogen and oxygen atoms in total. The highest BCUT2D eigenvalue weighted by Gasteiger charge is 2.39. The van der Waals surface area contributed by atoms with Gasteiger partial charge in [-0.2, -0.15) is 0 Å². The second-order valence-electron chi connectivity index (χ2n) is 3.82. The maximum atomic E-state index is 11.2. The lowest BCUT2D eigenvalue weighted by Crippen LogP contribution is -2.26. The third-order valence-corrected chi connectivity index (χ3v) is 3.80. The van der Waals surface area contributed by atoms with E-state index in [-0.39, 0.29) is 11.6 Å². The standard InChI is InChI=1S/C12H14N2O4S/c1-13-12-9(14(15)16)11(19-3)7-5-4-6-8(17-2)10(7)18-12/h4-6,11,13H,1-3H3. The number of rotatable bonds is 4. The van der Waals surface area contributed by atoms with Crippen molar-refractivity contribution in [3.05, 3.63) is 45.5 Å². The number of methoxy groups -OCH3 is 1. The zero-order chi connectivity index (χ0) is 14.0. The fraction of sp³-hybridized carbons (Fsp3) is 0.333. The molecule has 1 aromatic rings. The molecular formula is C12H14N2O4S. The highest BCUT2D eigenvalue weighted by atomic mass is 32.2. The number of para-hydroxylation sites is 1. The normalized spacial score (nSPS) is 17.5. The molecule has 0 radical (unpaired) electrons. The van der Waals surface area contributed by atoms with Crippen LogP contribution in [-0.4, -0.2) is 25.3 Å². The van der Waals surface area contributed by atoms with Crippen molar-refractivity contribution in [2.75, 3.05) is 20.4 Å². The second kappa shape index (κ2) is 5.40. The number of benzene rings is 1. The summed E-state index contributed by atoms with van der Waals surface area (Å²) >= 11 is 1.39. The molecule has 1 aliphatic rings. The molecule has 0 fully saturated rings. The number of hydrogen-bond acceptors (Lipinski definition) is 6. The van der Waals surface area contributed by atoms with E-state index in [1.165, 1.54) is 11.8 Å². The third kappa shape index (κ3) is 2.21. The summed E-state index contributed by atoms with van der Waals surface area (Å²) in [5.41, 5.74) is 0.772. The molecular weight excluding hydrogens is 268 g/mol. The Kier molecular flexibility index (Phi) is 3.84. The van der Waals surface area contributed by atoms with E-state index in [1.54, 1.807) is 26.3 Å². The number of fused-ring (bicyclic) bond motifs is 1. The lowest BCUT2D eigenvalue weighted by Gasteiger charge is -2.25. The monoisotopic (exact) mass is 282 g/mol.